The van der Waals surface area contributed by atoms with E-state index in [4.69, 9.17) is 5.73 Å². The Kier molecular flexibility index (Phi) is 3.05. The molecule has 3 N–H and O–H groups in total. The van der Waals surface area contributed by atoms with Gasteiger partial charge in [-0.1, -0.05) is 0 Å². The molecule has 5 heteroatoms. The highest BCUT2D eigenvalue weighted by Gasteiger charge is 2.01. The lowest BCUT2D eigenvalue weighted by Gasteiger charge is -2.06. The molecule has 0 aliphatic heterocycles. The molecular weight excluding hydrogens is 273 g/mol. The molecule has 0 saturated carbocycles. The molecule has 16 heavy (non-hydrogen) atoms. The molecule has 0 amide bonds. The van der Waals surface area contributed by atoms with Crippen molar-refractivity contribution in [1.29, 1.82) is 0 Å². The van der Waals surface area contributed by atoms with Crippen molar-refractivity contribution in [3.8, 4) is 0 Å². The van der Waals surface area contributed by atoms with Gasteiger partial charge in [-0.15, -0.1) is 0 Å². The third-order valence-electron chi connectivity index (χ3n) is 1.99. The minimum atomic E-state index is -0.312. The van der Waals surface area contributed by atoms with Crippen molar-refractivity contribution in [3.63, 3.8) is 0 Å². The van der Waals surface area contributed by atoms with E-state index in [1.54, 1.807) is 30.5 Å². The van der Waals surface area contributed by atoms with E-state index in [0.717, 1.165) is 5.69 Å². The number of benzene rings is 1. The number of pyridine rings is 1. The quantitative estimate of drug-likeness (QED) is 0.888. The van der Waals surface area contributed by atoms with Gasteiger partial charge in [-0.3, -0.25) is 0 Å². The van der Waals surface area contributed by atoms with Gasteiger partial charge in [-0.2, -0.15) is 0 Å². The van der Waals surface area contributed by atoms with E-state index < -0.39 is 0 Å². The van der Waals surface area contributed by atoms with Crippen LogP contribution < -0.4 is 11.1 Å². The Morgan fingerprint density at radius 3 is 2.56 bits per heavy atom. The predicted molar refractivity (Wildman–Crippen MR) is 66.0 cm³/mol. The molecule has 0 spiro atoms. The van der Waals surface area contributed by atoms with Crippen LogP contribution in [0.5, 0.6) is 0 Å². The number of nitrogens with zero attached hydrogens (tertiary/aromatic N) is 1. The minimum Gasteiger partial charge on any atom is -0.384 e. The van der Waals surface area contributed by atoms with Gasteiger partial charge >= 0.3 is 0 Å². The van der Waals surface area contributed by atoms with Gasteiger partial charge in [0.25, 0.3) is 0 Å². The van der Waals surface area contributed by atoms with Crippen LogP contribution in [0.15, 0.2) is 41.0 Å². The summed E-state index contributed by atoms with van der Waals surface area (Å²) in [5, 5.41) is 3.02. The second kappa shape index (κ2) is 4.49. The molecule has 2 aromatic rings. The van der Waals surface area contributed by atoms with Crippen LogP contribution in [0.4, 0.5) is 21.6 Å². The van der Waals surface area contributed by atoms with Crippen molar-refractivity contribution in [2.24, 2.45) is 0 Å². The Morgan fingerprint density at radius 2 is 1.94 bits per heavy atom. The number of hydrogen-bond donors (Lipinski definition) is 2. The second-order valence-corrected chi connectivity index (χ2v) is 4.08. The van der Waals surface area contributed by atoms with Crippen LogP contribution in [0, 0.1) is 5.82 Å². The maximum absolute atomic E-state index is 13.2. The maximum atomic E-state index is 13.2. The van der Waals surface area contributed by atoms with Crippen molar-refractivity contribution >= 4 is 33.1 Å². The minimum absolute atomic E-state index is 0.312. The largest absolute Gasteiger partial charge is 0.384 e. The van der Waals surface area contributed by atoms with Gasteiger partial charge in [0, 0.05) is 5.69 Å². The molecule has 0 saturated heterocycles. The highest BCUT2D eigenvalue weighted by Crippen LogP contribution is 2.22. The maximum Gasteiger partial charge on any atom is 0.139 e. The predicted octanol–water partition coefficient (Wildman–Crippen LogP) is 3.31. The first kappa shape index (κ1) is 10.9. The Bertz CT molecular complexity index is 499. The van der Waals surface area contributed by atoms with E-state index >= 15 is 0 Å². The number of nitrogens with two attached hydrogens (primary N) is 1. The summed E-state index contributed by atoms with van der Waals surface area (Å²) in [6.45, 7) is 0. The zero-order chi connectivity index (χ0) is 11.5. The van der Waals surface area contributed by atoms with Crippen LogP contribution in [-0.2, 0) is 0 Å². The van der Waals surface area contributed by atoms with E-state index in [-0.39, 0.29) is 5.82 Å². The van der Waals surface area contributed by atoms with Crippen molar-refractivity contribution in [3.05, 3.63) is 46.8 Å². The van der Waals surface area contributed by atoms with Gasteiger partial charge < -0.3 is 11.1 Å². The summed E-state index contributed by atoms with van der Waals surface area (Å²) in [4.78, 5) is 3.93. The Balaban J connectivity index is 2.20. The molecule has 3 nitrogen and oxygen atoms in total. The lowest BCUT2D eigenvalue weighted by Crippen LogP contribution is -1.94. The Labute approximate surface area is 101 Å². The summed E-state index contributed by atoms with van der Waals surface area (Å²) >= 11 is 3.09. The molecule has 0 unspecified atom stereocenters. The summed E-state index contributed by atoms with van der Waals surface area (Å²) in [5.74, 6) is 0.140. The van der Waals surface area contributed by atoms with Crippen LogP contribution >= 0.6 is 15.9 Å². The summed E-state index contributed by atoms with van der Waals surface area (Å²) < 4.78 is 13.7. The number of nitrogens with one attached hydrogen (secondary N) is 1. The van der Waals surface area contributed by atoms with Crippen molar-refractivity contribution in [1.82, 2.24) is 4.98 Å². The standard InChI is InChI=1S/C11H9BrFN3/c12-9-3-1-7(5-10(9)13)16-8-2-4-11(14)15-6-8/h1-6,16H,(H2,14,15). The molecule has 0 aliphatic carbocycles. The zero-order valence-corrected chi connectivity index (χ0v) is 9.83. The third-order valence-corrected chi connectivity index (χ3v) is 2.64. The number of halogens is 2. The third kappa shape index (κ3) is 2.49. The molecule has 2 rings (SSSR count). The highest BCUT2D eigenvalue weighted by atomic mass is 79.9. The number of hydrogen-bond acceptors (Lipinski definition) is 3. The molecule has 1 aromatic carbocycles. The number of rotatable bonds is 2. The molecule has 1 aromatic heterocycles. The van der Waals surface area contributed by atoms with Crippen molar-refractivity contribution < 1.29 is 4.39 Å². The second-order valence-electron chi connectivity index (χ2n) is 3.23. The lowest BCUT2D eigenvalue weighted by molar-refractivity contribution is 0.622. The van der Waals surface area contributed by atoms with Gasteiger partial charge in [-0.25, -0.2) is 9.37 Å². The monoisotopic (exact) mass is 281 g/mol. The average molecular weight is 282 g/mol. The molecule has 0 radical (unpaired) electrons. The average Bonchev–Trinajstić information content (AvgIpc) is 2.27. The van der Waals surface area contributed by atoms with Gasteiger partial charge in [0.15, 0.2) is 0 Å². The normalized spacial score (nSPS) is 10.1. The molecule has 0 bridgehead atoms. The molecular formula is C11H9BrFN3. The lowest BCUT2D eigenvalue weighted by atomic mass is 10.3. The summed E-state index contributed by atoms with van der Waals surface area (Å²) in [6, 6.07) is 8.27. The summed E-state index contributed by atoms with van der Waals surface area (Å²) in [5.41, 5.74) is 6.88. The molecule has 0 aliphatic rings. The van der Waals surface area contributed by atoms with Crippen LogP contribution in [0.2, 0.25) is 0 Å². The van der Waals surface area contributed by atoms with Crippen LogP contribution in [0.3, 0.4) is 0 Å². The fraction of sp³-hybridized carbons (Fsp3) is 0. The SMILES string of the molecule is Nc1ccc(Nc2ccc(Br)c(F)c2)cn1. The molecule has 0 atom stereocenters. The van der Waals surface area contributed by atoms with E-state index in [1.165, 1.54) is 6.07 Å². The first-order valence-electron chi connectivity index (χ1n) is 4.59. The van der Waals surface area contributed by atoms with Crippen molar-refractivity contribution in [2.75, 3.05) is 11.1 Å². The molecule has 1 heterocycles. The topological polar surface area (TPSA) is 50.9 Å². The molecule has 82 valence electrons. The van der Waals surface area contributed by atoms with Crippen LogP contribution in [0.1, 0.15) is 0 Å². The Morgan fingerprint density at radius 1 is 1.19 bits per heavy atom. The van der Waals surface area contributed by atoms with Crippen LogP contribution in [-0.4, -0.2) is 4.98 Å². The van der Waals surface area contributed by atoms with E-state index in [0.29, 0.717) is 16.0 Å². The summed E-state index contributed by atoms with van der Waals surface area (Å²) in [6.07, 6.45) is 1.59. The van der Waals surface area contributed by atoms with E-state index in [1.807, 2.05) is 0 Å². The van der Waals surface area contributed by atoms with E-state index in [2.05, 4.69) is 26.2 Å². The van der Waals surface area contributed by atoms with Gasteiger partial charge in [0.2, 0.25) is 0 Å². The van der Waals surface area contributed by atoms with Gasteiger partial charge in [0.05, 0.1) is 16.4 Å². The summed E-state index contributed by atoms with van der Waals surface area (Å²) in [7, 11) is 0. The molecule has 0 fully saturated rings. The smallest absolute Gasteiger partial charge is 0.139 e. The van der Waals surface area contributed by atoms with Gasteiger partial charge in [0.1, 0.15) is 11.6 Å². The Hall–Kier alpha value is -1.62. The fourth-order valence-electron chi connectivity index (χ4n) is 1.22. The first-order chi connectivity index (χ1) is 7.65. The zero-order valence-electron chi connectivity index (χ0n) is 8.24. The van der Waals surface area contributed by atoms with Gasteiger partial charge in [-0.05, 0) is 46.3 Å². The van der Waals surface area contributed by atoms with E-state index in [9.17, 15) is 4.39 Å². The van der Waals surface area contributed by atoms with Crippen molar-refractivity contribution in [2.45, 2.75) is 0 Å². The number of anilines is 3. The number of nitrogen functional groups attached to an aromatic ring is 1. The van der Waals surface area contributed by atoms with Crippen LogP contribution in [0.25, 0.3) is 0 Å². The fourth-order valence-corrected chi connectivity index (χ4v) is 1.47. The number of aromatic nitrogens is 1. The first-order valence-corrected chi connectivity index (χ1v) is 5.38. The highest BCUT2D eigenvalue weighted by molar-refractivity contribution is 9.10.